The lowest BCUT2D eigenvalue weighted by atomic mass is 9.90. The zero-order valence-corrected chi connectivity index (χ0v) is 16.2. The van der Waals surface area contributed by atoms with Gasteiger partial charge in [-0.25, -0.2) is 0 Å². The molecule has 3 aromatic rings. The molecule has 1 aliphatic rings. The van der Waals surface area contributed by atoms with Gasteiger partial charge in [-0.15, -0.1) is 0 Å². The molecule has 0 aliphatic heterocycles. The molecular formula is C20H18BrClN2O. The molecule has 1 aromatic heterocycles. The maximum absolute atomic E-state index is 12.9. The third-order valence-corrected chi connectivity index (χ3v) is 5.73. The summed E-state index contributed by atoms with van der Waals surface area (Å²) in [5.74, 6) is 0.000173. The van der Waals surface area contributed by atoms with Crippen LogP contribution in [0.1, 0.15) is 40.5 Å². The molecule has 1 aliphatic carbocycles. The van der Waals surface area contributed by atoms with E-state index in [1.165, 1.54) is 10.9 Å². The van der Waals surface area contributed by atoms with E-state index in [0.29, 0.717) is 10.6 Å². The van der Waals surface area contributed by atoms with Crippen molar-refractivity contribution in [3.05, 3.63) is 68.8 Å². The number of benzene rings is 2. The lowest BCUT2D eigenvalue weighted by molar-refractivity contribution is 0.0712. The Kier molecular flexibility index (Phi) is 4.34. The second-order valence-corrected chi connectivity index (χ2v) is 7.89. The first-order valence-corrected chi connectivity index (χ1v) is 9.54. The van der Waals surface area contributed by atoms with E-state index in [0.717, 1.165) is 34.9 Å². The number of fused-ring (bicyclic) bond motifs is 3. The van der Waals surface area contributed by atoms with Crippen molar-refractivity contribution in [3.63, 3.8) is 0 Å². The Hall–Kier alpha value is -1.78. The molecule has 1 atom stereocenters. The van der Waals surface area contributed by atoms with Crippen LogP contribution in [0.25, 0.3) is 10.9 Å². The predicted molar refractivity (Wildman–Crippen MR) is 105 cm³/mol. The van der Waals surface area contributed by atoms with Gasteiger partial charge in [0.25, 0.3) is 5.91 Å². The van der Waals surface area contributed by atoms with Crippen LogP contribution in [0.2, 0.25) is 5.02 Å². The molecular weight excluding hydrogens is 400 g/mol. The van der Waals surface area contributed by atoms with Crippen molar-refractivity contribution in [3.8, 4) is 0 Å². The number of H-pyrrole nitrogens is 1. The minimum atomic E-state index is 0.000173. The largest absolute Gasteiger partial charge is 0.356 e. The van der Waals surface area contributed by atoms with Gasteiger partial charge in [0.15, 0.2) is 0 Å². The molecule has 0 saturated heterocycles. The Morgan fingerprint density at radius 3 is 2.92 bits per heavy atom. The molecule has 4 rings (SSSR count). The van der Waals surface area contributed by atoms with Gasteiger partial charge in [-0.1, -0.05) is 33.6 Å². The molecule has 5 heteroatoms. The Morgan fingerprint density at radius 2 is 2.12 bits per heavy atom. The van der Waals surface area contributed by atoms with Crippen molar-refractivity contribution < 1.29 is 4.79 Å². The second kappa shape index (κ2) is 6.50. The average molecular weight is 418 g/mol. The maximum Gasteiger partial charge on any atom is 0.254 e. The minimum Gasteiger partial charge on any atom is -0.356 e. The van der Waals surface area contributed by atoms with Gasteiger partial charge < -0.3 is 9.88 Å². The van der Waals surface area contributed by atoms with Gasteiger partial charge in [-0.05, 0) is 61.2 Å². The zero-order valence-electron chi connectivity index (χ0n) is 13.9. The van der Waals surface area contributed by atoms with Crippen LogP contribution in [0.4, 0.5) is 0 Å². The normalized spacial score (nSPS) is 16.7. The van der Waals surface area contributed by atoms with Crippen molar-refractivity contribution in [1.82, 2.24) is 9.88 Å². The van der Waals surface area contributed by atoms with Gasteiger partial charge in [0.1, 0.15) is 0 Å². The fourth-order valence-electron chi connectivity index (χ4n) is 3.77. The molecule has 1 amide bonds. The molecule has 1 N–H and O–H groups in total. The van der Waals surface area contributed by atoms with Crippen LogP contribution < -0.4 is 0 Å². The number of carbonyl (C=O) groups is 1. The first kappa shape index (κ1) is 16.7. The van der Waals surface area contributed by atoms with Crippen LogP contribution in [0, 0.1) is 0 Å². The first-order chi connectivity index (χ1) is 12.0. The van der Waals surface area contributed by atoms with Crippen molar-refractivity contribution in [1.29, 1.82) is 0 Å². The SMILES string of the molecule is CN(C(=O)c1cccc(Cl)c1)C1CCCc2c1[nH]c1ccc(Br)cc21. The molecule has 2 aromatic carbocycles. The molecule has 0 fully saturated rings. The molecule has 3 nitrogen and oxygen atoms in total. The third-order valence-electron chi connectivity index (χ3n) is 5.00. The van der Waals surface area contributed by atoms with Crippen LogP contribution in [-0.2, 0) is 6.42 Å². The minimum absolute atomic E-state index is 0.000173. The summed E-state index contributed by atoms with van der Waals surface area (Å²) in [5, 5.41) is 1.83. The van der Waals surface area contributed by atoms with Crippen molar-refractivity contribution in [2.24, 2.45) is 0 Å². The summed E-state index contributed by atoms with van der Waals surface area (Å²) in [5.41, 5.74) is 4.25. The van der Waals surface area contributed by atoms with E-state index in [4.69, 9.17) is 11.6 Å². The molecule has 25 heavy (non-hydrogen) atoms. The van der Waals surface area contributed by atoms with Gasteiger partial charge in [-0.2, -0.15) is 0 Å². The predicted octanol–water partition coefficient (Wildman–Crippen LogP) is 5.73. The number of halogens is 2. The number of hydrogen-bond donors (Lipinski definition) is 1. The van der Waals surface area contributed by atoms with Gasteiger partial charge in [0, 0.05) is 38.7 Å². The van der Waals surface area contributed by atoms with Crippen molar-refractivity contribution in [2.45, 2.75) is 25.3 Å². The Bertz CT molecular complexity index is 965. The third kappa shape index (κ3) is 2.98. The number of nitrogens with zero attached hydrogens (tertiary/aromatic N) is 1. The van der Waals surface area contributed by atoms with E-state index < -0.39 is 0 Å². The Labute approximate surface area is 160 Å². The molecule has 128 valence electrons. The number of carbonyl (C=O) groups excluding carboxylic acids is 1. The van der Waals surface area contributed by atoms with Crippen LogP contribution in [-0.4, -0.2) is 22.8 Å². The van der Waals surface area contributed by atoms with Crippen LogP contribution >= 0.6 is 27.5 Å². The highest BCUT2D eigenvalue weighted by Gasteiger charge is 2.30. The molecule has 1 unspecified atom stereocenters. The standard InChI is InChI=1S/C20H18BrClN2O/c1-24(20(25)12-4-2-5-14(22)10-12)18-7-3-6-15-16-11-13(21)8-9-17(16)23-19(15)18/h2,4-5,8-11,18,23H,3,6-7H2,1H3. The molecule has 0 radical (unpaired) electrons. The van der Waals surface area contributed by atoms with Gasteiger partial charge in [-0.3, -0.25) is 4.79 Å². The number of aromatic amines is 1. The van der Waals surface area contributed by atoms with E-state index in [9.17, 15) is 4.79 Å². The van der Waals surface area contributed by atoms with Crippen LogP contribution in [0.3, 0.4) is 0 Å². The first-order valence-electron chi connectivity index (χ1n) is 8.37. The topological polar surface area (TPSA) is 36.1 Å². The Balaban J connectivity index is 1.73. The number of hydrogen-bond acceptors (Lipinski definition) is 1. The smallest absolute Gasteiger partial charge is 0.254 e. The summed E-state index contributed by atoms with van der Waals surface area (Å²) in [7, 11) is 1.88. The van der Waals surface area contributed by atoms with E-state index in [1.54, 1.807) is 12.1 Å². The highest BCUT2D eigenvalue weighted by atomic mass is 79.9. The van der Waals surface area contributed by atoms with Crippen molar-refractivity contribution in [2.75, 3.05) is 7.05 Å². The lowest BCUT2D eigenvalue weighted by Gasteiger charge is -2.31. The summed E-state index contributed by atoms with van der Waals surface area (Å²) in [4.78, 5) is 18.3. The summed E-state index contributed by atoms with van der Waals surface area (Å²) in [6, 6.07) is 13.5. The summed E-state index contributed by atoms with van der Waals surface area (Å²) in [6.07, 6.45) is 3.08. The van der Waals surface area contributed by atoms with E-state index in [2.05, 4.69) is 33.0 Å². The second-order valence-electron chi connectivity index (χ2n) is 6.54. The molecule has 0 bridgehead atoms. The highest BCUT2D eigenvalue weighted by molar-refractivity contribution is 9.10. The van der Waals surface area contributed by atoms with E-state index in [1.807, 2.05) is 30.1 Å². The Morgan fingerprint density at radius 1 is 1.28 bits per heavy atom. The summed E-state index contributed by atoms with van der Waals surface area (Å²) >= 11 is 9.61. The highest BCUT2D eigenvalue weighted by Crippen LogP contribution is 2.38. The lowest BCUT2D eigenvalue weighted by Crippen LogP contribution is -2.33. The van der Waals surface area contributed by atoms with Gasteiger partial charge >= 0.3 is 0 Å². The number of aryl methyl sites for hydroxylation is 1. The average Bonchev–Trinajstić information content (AvgIpc) is 2.98. The van der Waals surface area contributed by atoms with E-state index >= 15 is 0 Å². The fraction of sp³-hybridized carbons (Fsp3) is 0.250. The molecule has 1 heterocycles. The number of amides is 1. The summed E-state index contributed by atoms with van der Waals surface area (Å²) < 4.78 is 1.08. The fourth-order valence-corrected chi connectivity index (χ4v) is 4.32. The van der Waals surface area contributed by atoms with E-state index in [-0.39, 0.29) is 11.9 Å². The maximum atomic E-state index is 12.9. The van der Waals surface area contributed by atoms with Gasteiger partial charge in [0.05, 0.1) is 6.04 Å². The van der Waals surface area contributed by atoms with Crippen molar-refractivity contribution >= 4 is 44.3 Å². The zero-order chi connectivity index (χ0) is 17.6. The number of aromatic nitrogens is 1. The monoisotopic (exact) mass is 416 g/mol. The number of rotatable bonds is 2. The van der Waals surface area contributed by atoms with Crippen LogP contribution in [0.15, 0.2) is 46.9 Å². The molecule has 0 spiro atoms. The molecule has 0 saturated carbocycles. The number of nitrogens with one attached hydrogen (secondary N) is 1. The summed E-state index contributed by atoms with van der Waals surface area (Å²) in [6.45, 7) is 0. The van der Waals surface area contributed by atoms with Gasteiger partial charge in [0.2, 0.25) is 0 Å². The quantitative estimate of drug-likeness (QED) is 0.567. The van der Waals surface area contributed by atoms with Crippen LogP contribution in [0.5, 0.6) is 0 Å².